The third-order valence-electron chi connectivity index (χ3n) is 2.26. The van der Waals surface area contributed by atoms with E-state index in [2.05, 4.69) is 24.9 Å². The lowest BCUT2D eigenvalue weighted by atomic mass is 10.1. The van der Waals surface area contributed by atoms with Crippen LogP contribution in [0.4, 0.5) is 0 Å². The minimum atomic E-state index is -0.544. The van der Waals surface area contributed by atoms with E-state index < -0.39 is 11.3 Å². The van der Waals surface area contributed by atoms with Crippen molar-refractivity contribution >= 4 is 24.4 Å². The molecule has 0 aliphatic rings. The summed E-state index contributed by atoms with van der Waals surface area (Å²) in [5, 5.41) is 2.20. The van der Waals surface area contributed by atoms with Crippen molar-refractivity contribution in [1.29, 1.82) is 0 Å². The van der Waals surface area contributed by atoms with Crippen LogP contribution in [-0.2, 0) is 9.59 Å². The minimum absolute atomic E-state index is 0.0457. The zero-order valence-electron chi connectivity index (χ0n) is 10.3. The topological polar surface area (TPSA) is 72.2 Å². The molecule has 4 nitrogen and oxygen atoms in total. The van der Waals surface area contributed by atoms with Gasteiger partial charge in [-0.3, -0.25) is 9.59 Å². The molecule has 2 amide bonds. The number of amides is 2. The van der Waals surface area contributed by atoms with E-state index in [1.54, 1.807) is 0 Å². The predicted molar refractivity (Wildman–Crippen MR) is 72.6 cm³/mol. The van der Waals surface area contributed by atoms with Crippen molar-refractivity contribution in [3.63, 3.8) is 0 Å². The van der Waals surface area contributed by atoms with Gasteiger partial charge in [-0.2, -0.15) is 12.6 Å². The Kier molecular flexibility index (Phi) is 9.62. The Morgan fingerprint density at radius 3 is 2.53 bits per heavy atom. The summed E-state index contributed by atoms with van der Waals surface area (Å²) in [6.07, 6.45) is 8.73. The molecule has 1 atom stereocenters. The molecule has 0 aromatic heterocycles. The molecule has 3 N–H and O–H groups in total. The third kappa shape index (κ3) is 11.3. The lowest BCUT2D eigenvalue weighted by molar-refractivity contribution is -0.121. The van der Waals surface area contributed by atoms with Gasteiger partial charge in [0.25, 0.3) is 0 Å². The summed E-state index contributed by atoms with van der Waals surface area (Å²) >= 11 is 4.10. The van der Waals surface area contributed by atoms with Gasteiger partial charge in [0.1, 0.15) is 0 Å². The van der Waals surface area contributed by atoms with Gasteiger partial charge in [-0.1, -0.05) is 32.6 Å². The largest absolute Gasteiger partial charge is 0.366 e. The highest BCUT2D eigenvalue weighted by Crippen LogP contribution is 2.05. The Morgan fingerprint density at radius 1 is 1.29 bits per heavy atom. The van der Waals surface area contributed by atoms with Crippen LogP contribution < -0.4 is 11.1 Å². The van der Waals surface area contributed by atoms with E-state index >= 15 is 0 Å². The normalized spacial score (nSPS) is 12.6. The molecule has 0 aliphatic carbocycles. The fourth-order valence-corrected chi connectivity index (χ4v) is 1.59. The van der Waals surface area contributed by atoms with Crippen LogP contribution in [0.15, 0.2) is 12.2 Å². The molecule has 1 unspecified atom stereocenters. The Balaban J connectivity index is 3.60. The molecule has 5 heteroatoms. The van der Waals surface area contributed by atoms with E-state index in [9.17, 15) is 9.59 Å². The van der Waals surface area contributed by atoms with E-state index in [0.717, 1.165) is 12.8 Å². The van der Waals surface area contributed by atoms with E-state index in [1.165, 1.54) is 31.4 Å². The number of primary amides is 1. The fourth-order valence-electron chi connectivity index (χ4n) is 1.36. The number of thiol groups is 1. The smallest absolute Gasteiger partial charge is 0.241 e. The molecule has 0 aliphatic heterocycles. The molecule has 0 spiro atoms. The summed E-state index contributed by atoms with van der Waals surface area (Å²) in [4.78, 5) is 21.9. The number of nitrogens with one attached hydrogen (secondary N) is 1. The molecule has 0 bridgehead atoms. The van der Waals surface area contributed by atoms with Crippen molar-refractivity contribution in [2.24, 2.45) is 5.73 Å². The van der Waals surface area contributed by atoms with Crippen LogP contribution >= 0.6 is 12.6 Å². The summed E-state index contributed by atoms with van der Waals surface area (Å²) < 4.78 is 0. The standard InChI is InChI=1S/C12H22N2O2S/c1-2-3-4-5-6-7-11(16)14-12(17)9-8-10(13)15/h8-9,12,17H,2-7H2,1H3,(H2,13,15)(H,14,16)/b9-8+. The number of unbranched alkanes of at least 4 members (excludes halogenated alkanes) is 4. The fraction of sp³-hybridized carbons (Fsp3) is 0.667. The molecule has 0 heterocycles. The Bertz CT molecular complexity index is 267. The predicted octanol–water partition coefficient (Wildman–Crippen LogP) is 1.76. The molecule has 0 saturated heterocycles. The van der Waals surface area contributed by atoms with E-state index in [1.807, 2.05) is 0 Å². The molecular formula is C12H22N2O2S. The van der Waals surface area contributed by atoms with E-state index in [4.69, 9.17) is 5.73 Å². The van der Waals surface area contributed by atoms with Crippen molar-refractivity contribution in [3.8, 4) is 0 Å². The molecule has 0 radical (unpaired) electrons. The van der Waals surface area contributed by atoms with Crippen molar-refractivity contribution in [3.05, 3.63) is 12.2 Å². The first-order valence-corrected chi connectivity index (χ1v) is 6.53. The van der Waals surface area contributed by atoms with Crippen molar-refractivity contribution < 1.29 is 9.59 Å². The number of rotatable bonds is 9. The van der Waals surface area contributed by atoms with Crippen LogP contribution in [-0.4, -0.2) is 17.2 Å². The third-order valence-corrected chi connectivity index (χ3v) is 2.56. The second kappa shape index (κ2) is 10.2. The van der Waals surface area contributed by atoms with Crippen LogP contribution in [0.2, 0.25) is 0 Å². The van der Waals surface area contributed by atoms with Crippen LogP contribution in [0.5, 0.6) is 0 Å². The highest BCUT2D eigenvalue weighted by molar-refractivity contribution is 7.81. The average molecular weight is 258 g/mol. The summed E-state index contributed by atoms with van der Waals surface area (Å²) in [6, 6.07) is 0. The molecule has 0 saturated carbocycles. The maximum atomic E-state index is 11.4. The van der Waals surface area contributed by atoms with Gasteiger partial charge >= 0.3 is 0 Å². The maximum absolute atomic E-state index is 11.4. The molecule has 0 fully saturated rings. The van der Waals surface area contributed by atoms with Gasteiger partial charge in [-0.15, -0.1) is 0 Å². The summed E-state index contributed by atoms with van der Waals surface area (Å²) in [5.74, 6) is -0.589. The molecule has 0 rings (SSSR count). The van der Waals surface area contributed by atoms with E-state index in [-0.39, 0.29) is 5.91 Å². The second-order valence-electron chi connectivity index (χ2n) is 3.94. The summed E-state index contributed by atoms with van der Waals surface area (Å²) in [5.41, 5.74) is 4.93. The van der Waals surface area contributed by atoms with Gasteiger partial charge in [0.05, 0.1) is 5.37 Å². The van der Waals surface area contributed by atoms with Crippen molar-refractivity contribution in [2.45, 2.75) is 50.8 Å². The van der Waals surface area contributed by atoms with E-state index in [0.29, 0.717) is 6.42 Å². The minimum Gasteiger partial charge on any atom is -0.366 e. The molecule has 98 valence electrons. The Hall–Kier alpha value is -0.970. The van der Waals surface area contributed by atoms with Crippen LogP contribution in [0.3, 0.4) is 0 Å². The molecule has 17 heavy (non-hydrogen) atoms. The number of nitrogens with two attached hydrogens (primary N) is 1. The zero-order valence-corrected chi connectivity index (χ0v) is 11.2. The number of carbonyl (C=O) groups excluding carboxylic acids is 2. The highest BCUT2D eigenvalue weighted by atomic mass is 32.1. The quantitative estimate of drug-likeness (QED) is 0.255. The molecule has 0 aromatic carbocycles. The highest BCUT2D eigenvalue weighted by Gasteiger charge is 2.04. The van der Waals surface area contributed by atoms with Crippen molar-refractivity contribution in [1.82, 2.24) is 5.32 Å². The van der Waals surface area contributed by atoms with Gasteiger partial charge in [-0.05, 0) is 12.5 Å². The summed E-state index contributed by atoms with van der Waals surface area (Å²) in [7, 11) is 0. The lowest BCUT2D eigenvalue weighted by Gasteiger charge is -2.08. The molecule has 0 aromatic rings. The second-order valence-corrected chi connectivity index (χ2v) is 4.49. The first-order valence-electron chi connectivity index (χ1n) is 6.01. The average Bonchev–Trinajstić information content (AvgIpc) is 2.26. The monoisotopic (exact) mass is 258 g/mol. The van der Waals surface area contributed by atoms with Crippen LogP contribution in [0.25, 0.3) is 0 Å². The van der Waals surface area contributed by atoms with Gasteiger partial charge in [0.2, 0.25) is 11.8 Å². The summed E-state index contributed by atoms with van der Waals surface area (Å²) in [6.45, 7) is 2.16. The first-order chi connectivity index (χ1) is 8.06. The zero-order chi connectivity index (χ0) is 13.1. The van der Waals surface area contributed by atoms with Crippen molar-refractivity contribution in [2.75, 3.05) is 0 Å². The van der Waals surface area contributed by atoms with Gasteiger partial charge in [0, 0.05) is 12.5 Å². The lowest BCUT2D eigenvalue weighted by Crippen LogP contribution is -2.29. The Labute approximate surface area is 108 Å². The molecular weight excluding hydrogens is 236 g/mol. The van der Waals surface area contributed by atoms with Gasteiger partial charge < -0.3 is 11.1 Å². The Morgan fingerprint density at radius 2 is 1.94 bits per heavy atom. The number of hydrogen-bond acceptors (Lipinski definition) is 3. The first kappa shape index (κ1) is 16.0. The van der Waals surface area contributed by atoms with Crippen LogP contribution in [0, 0.1) is 0 Å². The maximum Gasteiger partial charge on any atom is 0.241 e. The number of carbonyl (C=O) groups is 2. The van der Waals surface area contributed by atoms with Gasteiger partial charge in [0.15, 0.2) is 0 Å². The van der Waals surface area contributed by atoms with Crippen LogP contribution in [0.1, 0.15) is 45.4 Å². The SMILES string of the molecule is CCCCCCCC(=O)NC(S)/C=C/C(N)=O. The van der Waals surface area contributed by atoms with Gasteiger partial charge in [-0.25, -0.2) is 0 Å². The number of hydrogen-bond donors (Lipinski definition) is 3.